The molecule has 12 heteroatoms. The average molecular weight is 488 g/mol. The van der Waals surface area contributed by atoms with Crippen LogP contribution < -0.4 is 14.2 Å². The first kappa shape index (κ1) is 22.7. The fourth-order valence-corrected chi connectivity index (χ4v) is 4.74. The van der Waals surface area contributed by atoms with Crippen molar-refractivity contribution in [2.75, 3.05) is 18.9 Å². The largest absolute Gasteiger partial charge is 0.467 e. The number of pyridine rings is 1. The fraction of sp³-hybridized carbons (Fsp3) is 0.400. The van der Waals surface area contributed by atoms with E-state index in [1.807, 2.05) is 0 Å². The number of sulfonamides is 1. The van der Waals surface area contributed by atoms with Crippen LogP contribution in [0.5, 0.6) is 17.5 Å². The Bertz CT molecular complexity index is 1150. The minimum absolute atomic E-state index is 0.00402. The Hall–Kier alpha value is -2.50. The van der Waals surface area contributed by atoms with Crippen molar-refractivity contribution < 1.29 is 31.5 Å². The summed E-state index contributed by atoms with van der Waals surface area (Å²) in [6.07, 6.45) is -1.58. The summed E-state index contributed by atoms with van der Waals surface area (Å²) in [6.45, 7) is 0.658. The maximum absolute atomic E-state index is 14.9. The second-order valence-corrected chi connectivity index (χ2v) is 9.92. The molecule has 32 heavy (non-hydrogen) atoms. The van der Waals surface area contributed by atoms with Gasteiger partial charge in [0.2, 0.25) is 21.8 Å². The number of halogens is 3. The maximum atomic E-state index is 14.9. The number of hydrogen-bond acceptors (Lipinski definition) is 6. The minimum atomic E-state index is -3.75. The molecule has 0 unspecified atom stereocenters. The molecule has 1 aromatic carbocycles. The molecular weight excluding hydrogens is 468 g/mol. The molecule has 0 saturated carbocycles. The lowest BCUT2D eigenvalue weighted by molar-refractivity contribution is -0.134. The SMILES string of the molecule is CCS(=O)(=O)N[C@@H]1[C@H](F)CN2C(=O)COc3ccc(Cl)c(n3)Oc3cc(ccc3F)C[C@H]12. The molecule has 4 rings (SSSR count). The Labute approximate surface area is 188 Å². The van der Waals surface area contributed by atoms with E-state index in [2.05, 4.69) is 9.71 Å². The van der Waals surface area contributed by atoms with E-state index in [1.54, 1.807) is 0 Å². The molecule has 2 aliphatic rings. The standard InChI is InChI=1S/C20H20ClF2N3O5S/c1-2-32(28,29)25-19-14(23)9-26-15(19)7-11-3-5-13(22)16(8-11)31-20-12(21)4-6-17(24-20)30-10-18(26)27/h3-6,8,14-15,19,25H,2,7,9-10H2,1H3/t14-,15-,19-/m1/s1. The van der Waals surface area contributed by atoms with Gasteiger partial charge < -0.3 is 14.4 Å². The lowest BCUT2D eigenvalue weighted by Gasteiger charge is -2.28. The first-order chi connectivity index (χ1) is 15.2. The number of rotatable bonds is 3. The van der Waals surface area contributed by atoms with E-state index in [4.69, 9.17) is 21.1 Å². The highest BCUT2D eigenvalue weighted by molar-refractivity contribution is 7.89. The molecule has 0 aliphatic carbocycles. The molecule has 8 nitrogen and oxygen atoms in total. The Kier molecular flexibility index (Phi) is 6.24. The predicted octanol–water partition coefficient (Wildman–Crippen LogP) is 2.46. The predicted molar refractivity (Wildman–Crippen MR) is 112 cm³/mol. The van der Waals surface area contributed by atoms with Gasteiger partial charge in [0.05, 0.1) is 24.4 Å². The van der Waals surface area contributed by atoms with Crippen molar-refractivity contribution in [3.63, 3.8) is 0 Å². The number of amides is 1. The van der Waals surface area contributed by atoms with E-state index < -0.39 is 46.6 Å². The number of aromatic nitrogens is 1. The molecule has 1 fully saturated rings. The van der Waals surface area contributed by atoms with Crippen LogP contribution in [0, 0.1) is 5.82 Å². The highest BCUT2D eigenvalue weighted by Crippen LogP contribution is 2.33. The molecule has 0 radical (unpaired) electrons. The highest BCUT2D eigenvalue weighted by atomic mass is 35.5. The van der Waals surface area contributed by atoms with Crippen molar-refractivity contribution in [3.05, 3.63) is 46.7 Å². The third kappa shape index (κ3) is 4.64. The van der Waals surface area contributed by atoms with Crippen LogP contribution in [0.4, 0.5) is 8.78 Å². The van der Waals surface area contributed by atoms with Gasteiger partial charge in [-0.25, -0.2) is 21.9 Å². The number of nitrogens with zero attached hydrogens (tertiary/aromatic N) is 2. The highest BCUT2D eigenvalue weighted by Gasteiger charge is 2.46. The summed E-state index contributed by atoms with van der Waals surface area (Å²) in [4.78, 5) is 18.2. The van der Waals surface area contributed by atoms with Gasteiger partial charge in [-0.05, 0) is 37.1 Å². The third-order valence-corrected chi connectivity index (χ3v) is 7.05. The molecule has 4 bridgehead atoms. The van der Waals surface area contributed by atoms with Crippen LogP contribution in [0.1, 0.15) is 12.5 Å². The summed E-state index contributed by atoms with van der Waals surface area (Å²) < 4.78 is 66.9. The number of hydrogen-bond donors (Lipinski definition) is 1. The van der Waals surface area contributed by atoms with Crippen LogP contribution in [0.25, 0.3) is 0 Å². The molecule has 172 valence electrons. The third-order valence-electron chi connectivity index (χ3n) is 5.37. The summed E-state index contributed by atoms with van der Waals surface area (Å²) in [5.74, 6) is -1.74. The van der Waals surface area contributed by atoms with Crippen molar-refractivity contribution in [1.82, 2.24) is 14.6 Å². The van der Waals surface area contributed by atoms with Crippen molar-refractivity contribution in [1.29, 1.82) is 0 Å². The number of nitrogens with one attached hydrogen (secondary N) is 1. The van der Waals surface area contributed by atoms with E-state index in [0.717, 1.165) is 6.07 Å². The summed E-state index contributed by atoms with van der Waals surface area (Å²) in [5, 5.41) is 0.110. The van der Waals surface area contributed by atoms with Crippen LogP contribution in [-0.4, -0.2) is 61.4 Å². The topological polar surface area (TPSA) is 97.8 Å². The quantitative estimate of drug-likeness (QED) is 0.714. The van der Waals surface area contributed by atoms with Gasteiger partial charge in [0, 0.05) is 6.07 Å². The maximum Gasteiger partial charge on any atom is 0.260 e. The summed E-state index contributed by atoms with van der Waals surface area (Å²) in [5.41, 5.74) is 0.506. The average Bonchev–Trinajstić information content (AvgIpc) is 3.05. The summed E-state index contributed by atoms with van der Waals surface area (Å²) >= 11 is 6.09. The van der Waals surface area contributed by atoms with Crippen LogP contribution in [-0.2, 0) is 21.2 Å². The van der Waals surface area contributed by atoms with Crippen LogP contribution in [0.15, 0.2) is 30.3 Å². The summed E-state index contributed by atoms with van der Waals surface area (Å²) in [6, 6.07) is 4.82. The second kappa shape index (κ2) is 8.80. The molecule has 1 N–H and O–H groups in total. The van der Waals surface area contributed by atoms with E-state index in [9.17, 15) is 22.0 Å². The molecule has 1 aromatic heterocycles. The molecule has 3 atom stereocenters. The van der Waals surface area contributed by atoms with Crippen molar-refractivity contribution in [2.45, 2.75) is 31.6 Å². The lowest BCUT2D eigenvalue weighted by atomic mass is 9.99. The van der Waals surface area contributed by atoms with Gasteiger partial charge in [0.25, 0.3) is 5.91 Å². The molecule has 2 aliphatic heterocycles. The number of ether oxygens (including phenoxy) is 2. The minimum Gasteiger partial charge on any atom is -0.467 e. The first-order valence-corrected chi connectivity index (χ1v) is 11.9. The Balaban J connectivity index is 1.76. The zero-order valence-corrected chi connectivity index (χ0v) is 18.5. The number of benzene rings is 1. The van der Waals surface area contributed by atoms with Crippen molar-refractivity contribution in [2.24, 2.45) is 0 Å². The summed E-state index contributed by atoms with van der Waals surface area (Å²) in [7, 11) is -3.75. The van der Waals surface area contributed by atoms with Crippen LogP contribution in [0.3, 0.4) is 0 Å². The van der Waals surface area contributed by atoms with Gasteiger partial charge in [0.15, 0.2) is 18.2 Å². The van der Waals surface area contributed by atoms with Gasteiger partial charge >= 0.3 is 0 Å². The van der Waals surface area contributed by atoms with Crippen LogP contribution in [0.2, 0.25) is 5.02 Å². The number of alkyl halides is 1. The zero-order chi connectivity index (χ0) is 23.0. The second-order valence-electron chi connectivity index (χ2n) is 7.47. The number of fused-ring (bicyclic) bond motifs is 5. The zero-order valence-electron chi connectivity index (χ0n) is 16.9. The first-order valence-electron chi connectivity index (χ1n) is 9.86. The number of carbonyl (C=O) groups excluding carboxylic acids is 1. The van der Waals surface area contributed by atoms with Gasteiger partial charge in [-0.3, -0.25) is 4.79 Å². The Morgan fingerprint density at radius 3 is 2.84 bits per heavy atom. The molecule has 1 amide bonds. The molecule has 1 saturated heterocycles. The van der Waals surface area contributed by atoms with Crippen molar-refractivity contribution in [3.8, 4) is 17.5 Å². The molecular formula is C20H20ClF2N3O5S. The van der Waals surface area contributed by atoms with Gasteiger partial charge in [-0.15, -0.1) is 0 Å². The van der Waals surface area contributed by atoms with Crippen molar-refractivity contribution >= 4 is 27.5 Å². The number of carbonyl (C=O) groups is 1. The fourth-order valence-electron chi connectivity index (χ4n) is 3.71. The lowest BCUT2D eigenvalue weighted by Crippen LogP contribution is -2.50. The Morgan fingerprint density at radius 1 is 1.31 bits per heavy atom. The van der Waals surface area contributed by atoms with E-state index in [-0.39, 0.29) is 41.3 Å². The molecule has 2 aromatic rings. The van der Waals surface area contributed by atoms with E-state index >= 15 is 0 Å². The smallest absolute Gasteiger partial charge is 0.260 e. The monoisotopic (exact) mass is 487 g/mol. The normalized spacial score (nSPS) is 23.3. The Morgan fingerprint density at radius 2 is 2.09 bits per heavy atom. The molecule has 0 spiro atoms. The van der Waals surface area contributed by atoms with E-state index in [1.165, 1.54) is 36.1 Å². The van der Waals surface area contributed by atoms with Gasteiger partial charge in [0.1, 0.15) is 11.2 Å². The van der Waals surface area contributed by atoms with Crippen LogP contribution >= 0.6 is 11.6 Å². The van der Waals surface area contributed by atoms with E-state index in [0.29, 0.717) is 5.56 Å². The van der Waals surface area contributed by atoms with Gasteiger partial charge in [-0.1, -0.05) is 17.7 Å². The van der Waals surface area contributed by atoms with Gasteiger partial charge in [-0.2, -0.15) is 4.98 Å². The molecule has 3 heterocycles.